The predicted molar refractivity (Wildman–Crippen MR) is 71.9 cm³/mol. The van der Waals surface area contributed by atoms with Crippen LogP contribution >= 0.6 is 0 Å². The van der Waals surface area contributed by atoms with Gasteiger partial charge in [-0.3, -0.25) is 9.59 Å². The number of aliphatic carboxylic acids is 1. The van der Waals surface area contributed by atoms with Crippen molar-refractivity contribution < 1.29 is 14.7 Å². The maximum Gasteiger partial charge on any atom is 0.303 e. The van der Waals surface area contributed by atoms with E-state index in [-0.39, 0.29) is 5.91 Å². The fourth-order valence-electron chi connectivity index (χ4n) is 1.80. The zero-order valence-electron chi connectivity index (χ0n) is 11.4. The van der Waals surface area contributed by atoms with Gasteiger partial charge in [-0.2, -0.15) is 0 Å². The maximum absolute atomic E-state index is 10.6. The summed E-state index contributed by atoms with van der Waals surface area (Å²) in [5.74, 6) is -0.693. The van der Waals surface area contributed by atoms with Crippen LogP contribution < -0.4 is 5.32 Å². The molecule has 0 aromatic heterocycles. The van der Waals surface area contributed by atoms with E-state index in [0.29, 0.717) is 6.42 Å². The van der Waals surface area contributed by atoms with E-state index in [9.17, 15) is 9.59 Å². The molecule has 1 radical (unpaired) electrons. The van der Waals surface area contributed by atoms with E-state index in [2.05, 4.69) is 5.32 Å². The summed E-state index contributed by atoms with van der Waals surface area (Å²) in [5, 5.41) is 11.1. The topological polar surface area (TPSA) is 66.4 Å². The molecule has 0 saturated carbocycles. The van der Waals surface area contributed by atoms with Gasteiger partial charge in [0.05, 0.1) is 0 Å². The summed E-state index contributed by atoms with van der Waals surface area (Å²) in [6.45, 7) is 3.34. The Morgan fingerprint density at radius 3 is 1.94 bits per heavy atom. The molecule has 4 nitrogen and oxygen atoms in total. The van der Waals surface area contributed by atoms with Crippen molar-refractivity contribution in [2.75, 3.05) is 0 Å². The molecular formula is C14H26NO3. The molecule has 0 aromatic carbocycles. The zero-order valence-corrected chi connectivity index (χ0v) is 11.4. The Morgan fingerprint density at radius 2 is 1.44 bits per heavy atom. The smallest absolute Gasteiger partial charge is 0.303 e. The predicted octanol–water partition coefficient (Wildman–Crippen LogP) is 3.27. The lowest BCUT2D eigenvalue weighted by Crippen LogP contribution is -2.15. The number of carboxylic acid groups (broad SMARTS) is 1. The number of rotatable bonds is 12. The van der Waals surface area contributed by atoms with Crippen LogP contribution in [0, 0.1) is 6.54 Å². The molecule has 4 heteroatoms. The van der Waals surface area contributed by atoms with Crippen LogP contribution in [0.25, 0.3) is 0 Å². The molecule has 0 aliphatic heterocycles. The zero-order chi connectivity index (χ0) is 13.6. The fraction of sp³-hybridized carbons (Fsp3) is 0.786. The Kier molecular flexibility index (Phi) is 11.7. The van der Waals surface area contributed by atoms with E-state index < -0.39 is 5.97 Å². The average Bonchev–Trinajstić information content (AvgIpc) is 2.29. The number of nitrogens with one attached hydrogen (secondary N) is 1. The standard InChI is InChI=1S/C14H26NO3/c1-13(16)15-12-10-8-6-4-2-3-5-7-9-11-14(17)18/h12H,2-11H2,1H3,(H,15,16)(H,17,18). The van der Waals surface area contributed by atoms with Crippen LogP contribution in [0.1, 0.15) is 71.1 Å². The van der Waals surface area contributed by atoms with Crippen molar-refractivity contribution in [2.24, 2.45) is 0 Å². The summed E-state index contributed by atoms with van der Waals surface area (Å²) in [5.41, 5.74) is 0. The van der Waals surface area contributed by atoms with E-state index in [1.807, 2.05) is 6.54 Å². The Hall–Kier alpha value is -1.06. The number of amides is 1. The number of hydrogen-bond donors (Lipinski definition) is 2. The largest absolute Gasteiger partial charge is 0.481 e. The van der Waals surface area contributed by atoms with Gasteiger partial charge in [-0.05, 0) is 12.8 Å². The van der Waals surface area contributed by atoms with Crippen molar-refractivity contribution in [1.29, 1.82) is 0 Å². The molecule has 0 fully saturated rings. The van der Waals surface area contributed by atoms with E-state index in [1.165, 1.54) is 32.6 Å². The molecule has 0 spiro atoms. The number of carbonyl (C=O) groups is 2. The first kappa shape index (κ1) is 16.9. The highest BCUT2D eigenvalue weighted by molar-refractivity contribution is 5.73. The molecule has 0 aliphatic rings. The monoisotopic (exact) mass is 256 g/mol. The molecule has 105 valence electrons. The van der Waals surface area contributed by atoms with Gasteiger partial charge in [0.1, 0.15) is 0 Å². The van der Waals surface area contributed by atoms with E-state index in [4.69, 9.17) is 5.11 Å². The maximum atomic E-state index is 10.6. The first-order valence-electron chi connectivity index (χ1n) is 6.93. The minimum Gasteiger partial charge on any atom is -0.481 e. The van der Waals surface area contributed by atoms with Crippen molar-refractivity contribution in [3.8, 4) is 0 Å². The Bertz CT molecular complexity index is 205. The summed E-state index contributed by atoms with van der Waals surface area (Å²) >= 11 is 0. The normalized spacial score (nSPS) is 10.3. The summed E-state index contributed by atoms with van der Waals surface area (Å²) in [7, 11) is 0. The second-order valence-corrected chi connectivity index (χ2v) is 4.67. The molecule has 0 bridgehead atoms. The number of carboxylic acids is 1. The van der Waals surface area contributed by atoms with Crippen molar-refractivity contribution in [2.45, 2.75) is 71.1 Å². The third kappa shape index (κ3) is 14.9. The van der Waals surface area contributed by atoms with Crippen LogP contribution in [-0.2, 0) is 9.59 Å². The fourth-order valence-corrected chi connectivity index (χ4v) is 1.80. The molecule has 18 heavy (non-hydrogen) atoms. The SMILES string of the molecule is CC(=O)N[CH]CCCCCCCCCCC(=O)O. The lowest BCUT2D eigenvalue weighted by atomic mass is 10.1. The minimum atomic E-state index is -0.689. The summed E-state index contributed by atoms with van der Waals surface area (Å²) in [6.07, 6.45) is 10.2. The van der Waals surface area contributed by atoms with Gasteiger partial charge in [-0.25, -0.2) is 0 Å². The van der Waals surface area contributed by atoms with Crippen molar-refractivity contribution in [1.82, 2.24) is 5.32 Å². The minimum absolute atomic E-state index is 0.00337. The van der Waals surface area contributed by atoms with Crippen LogP contribution in [0.2, 0.25) is 0 Å². The lowest BCUT2D eigenvalue weighted by Gasteiger charge is -2.02. The van der Waals surface area contributed by atoms with Crippen molar-refractivity contribution in [3.63, 3.8) is 0 Å². The van der Waals surface area contributed by atoms with Gasteiger partial charge < -0.3 is 10.4 Å². The number of unbranched alkanes of at least 4 members (excludes halogenated alkanes) is 8. The van der Waals surface area contributed by atoms with Crippen LogP contribution in [0.4, 0.5) is 0 Å². The summed E-state index contributed by atoms with van der Waals surface area (Å²) in [4.78, 5) is 20.8. The highest BCUT2D eigenvalue weighted by Gasteiger charge is 1.97. The molecule has 0 unspecified atom stereocenters. The molecule has 0 heterocycles. The number of hydrogen-bond acceptors (Lipinski definition) is 2. The average molecular weight is 256 g/mol. The van der Waals surface area contributed by atoms with Crippen LogP contribution in [-0.4, -0.2) is 17.0 Å². The van der Waals surface area contributed by atoms with E-state index in [1.54, 1.807) is 0 Å². The van der Waals surface area contributed by atoms with Gasteiger partial charge in [0.2, 0.25) is 5.91 Å². The van der Waals surface area contributed by atoms with Gasteiger partial charge in [-0.15, -0.1) is 0 Å². The van der Waals surface area contributed by atoms with Gasteiger partial charge in [0, 0.05) is 19.9 Å². The number of carbonyl (C=O) groups excluding carboxylic acids is 1. The Morgan fingerprint density at radius 1 is 0.944 bits per heavy atom. The Balaban J connectivity index is 2.99. The first-order valence-corrected chi connectivity index (χ1v) is 6.93. The van der Waals surface area contributed by atoms with Crippen LogP contribution in [0.15, 0.2) is 0 Å². The van der Waals surface area contributed by atoms with Crippen LogP contribution in [0.5, 0.6) is 0 Å². The second kappa shape index (κ2) is 12.4. The van der Waals surface area contributed by atoms with Gasteiger partial charge in [0.15, 0.2) is 0 Å². The van der Waals surface area contributed by atoms with Gasteiger partial charge in [-0.1, -0.05) is 44.9 Å². The van der Waals surface area contributed by atoms with Gasteiger partial charge >= 0.3 is 5.97 Å². The summed E-state index contributed by atoms with van der Waals surface area (Å²) in [6, 6.07) is 0. The highest BCUT2D eigenvalue weighted by Crippen LogP contribution is 2.10. The molecule has 1 amide bonds. The Labute approximate surface area is 110 Å². The van der Waals surface area contributed by atoms with Gasteiger partial charge in [0.25, 0.3) is 0 Å². The molecule has 0 atom stereocenters. The molecular weight excluding hydrogens is 230 g/mol. The van der Waals surface area contributed by atoms with Crippen molar-refractivity contribution >= 4 is 11.9 Å². The van der Waals surface area contributed by atoms with Crippen LogP contribution in [0.3, 0.4) is 0 Å². The van der Waals surface area contributed by atoms with E-state index in [0.717, 1.165) is 32.1 Å². The highest BCUT2D eigenvalue weighted by atomic mass is 16.4. The molecule has 0 aliphatic carbocycles. The summed E-state index contributed by atoms with van der Waals surface area (Å²) < 4.78 is 0. The first-order chi connectivity index (χ1) is 8.63. The second-order valence-electron chi connectivity index (χ2n) is 4.67. The van der Waals surface area contributed by atoms with Crippen molar-refractivity contribution in [3.05, 3.63) is 6.54 Å². The lowest BCUT2D eigenvalue weighted by molar-refractivity contribution is -0.137. The molecule has 0 saturated heterocycles. The van der Waals surface area contributed by atoms with E-state index >= 15 is 0 Å². The third-order valence-corrected chi connectivity index (χ3v) is 2.79. The quantitative estimate of drug-likeness (QED) is 0.527. The molecule has 0 rings (SSSR count). The molecule has 2 N–H and O–H groups in total. The molecule has 0 aromatic rings. The third-order valence-electron chi connectivity index (χ3n) is 2.79.